The summed E-state index contributed by atoms with van der Waals surface area (Å²) in [5.74, 6) is -1.55. The molecule has 3 aliphatic rings. The van der Waals surface area contributed by atoms with Crippen molar-refractivity contribution in [3.63, 3.8) is 0 Å². The molecule has 2 saturated heterocycles. The van der Waals surface area contributed by atoms with Gasteiger partial charge in [-0.3, -0.25) is 19.3 Å². The third kappa shape index (κ3) is 9.19. The summed E-state index contributed by atoms with van der Waals surface area (Å²) in [6.45, 7) is 5.56. The number of anilines is 1. The molecule has 2 N–H and O–H groups in total. The molecule has 2 fully saturated rings. The van der Waals surface area contributed by atoms with Crippen LogP contribution < -0.4 is 15.5 Å². The Kier molecular flexibility index (Phi) is 12.9. The monoisotopic (exact) mass is 922 g/mol. The fraction of sp³-hybridized carbons (Fsp3) is 0.196. The van der Waals surface area contributed by atoms with Crippen molar-refractivity contribution in [2.45, 2.75) is 55.9 Å². The van der Waals surface area contributed by atoms with Crippen LogP contribution >= 0.6 is 11.8 Å². The molecule has 0 radical (unpaired) electrons. The predicted molar refractivity (Wildman–Crippen MR) is 262 cm³/mol. The lowest BCUT2D eigenvalue weighted by Gasteiger charge is -2.49. The van der Waals surface area contributed by atoms with Gasteiger partial charge in [0.2, 0.25) is 0 Å². The van der Waals surface area contributed by atoms with Gasteiger partial charge in [-0.15, -0.1) is 11.8 Å². The fourth-order valence-electron chi connectivity index (χ4n) is 8.95. The highest BCUT2D eigenvalue weighted by atomic mass is 32.2. The smallest absolute Gasteiger partial charge is 0.408 e. The van der Waals surface area contributed by atoms with Gasteiger partial charge in [0.25, 0.3) is 17.7 Å². The summed E-state index contributed by atoms with van der Waals surface area (Å²) in [4.78, 5) is 73.1. The third-order valence-corrected chi connectivity index (χ3v) is 13.4. The minimum absolute atomic E-state index is 0.0181. The number of alkyl carbamates (subject to hydrolysis) is 1. The normalized spacial score (nSPS) is 17.7. The number of ether oxygens (including phenoxy) is 2. The van der Waals surface area contributed by atoms with Crippen molar-refractivity contribution >= 4 is 47.2 Å². The first kappa shape index (κ1) is 45.5. The van der Waals surface area contributed by atoms with Crippen molar-refractivity contribution in [1.29, 1.82) is 0 Å². The summed E-state index contributed by atoms with van der Waals surface area (Å²) >= 11 is 1.37. The Morgan fingerprint density at radius 3 is 1.69 bits per heavy atom. The van der Waals surface area contributed by atoms with Crippen LogP contribution in [0.1, 0.15) is 71.5 Å². The number of nitrogens with zero attached hydrogens (tertiary/aromatic N) is 2. The van der Waals surface area contributed by atoms with E-state index in [1.54, 1.807) is 56.0 Å². The molecule has 2 atom stereocenters. The second-order valence-corrected chi connectivity index (χ2v) is 18.8. The minimum atomic E-state index is -1.01. The summed E-state index contributed by atoms with van der Waals surface area (Å²) in [5, 5.41) is 5.47. The molecule has 3 heterocycles. The Balaban J connectivity index is 0.995. The molecule has 9 rings (SSSR count). The van der Waals surface area contributed by atoms with Crippen molar-refractivity contribution in [2.75, 3.05) is 17.2 Å². The molecule has 4 amide bonds. The predicted octanol–water partition coefficient (Wildman–Crippen LogP) is 9.47. The summed E-state index contributed by atoms with van der Waals surface area (Å²) in [6, 6.07) is 54.3. The second kappa shape index (κ2) is 19.3. The van der Waals surface area contributed by atoms with Crippen LogP contribution in [0.2, 0.25) is 0 Å². The lowest BCUT2D eigenvalue weighted by Crippen LogP contribution is -2.70. The number of carbonyl (C=O) groups is 5. The number of benzene rings is 6. The highest BCUT2D eigenvalue weighted by molar-refractivity contribution is 8.00. The van der Waals surface area contributed by atoms with E-state index in [0.717, 1.165) is 27.8 Å². The summed E-state index contributed by atoms with van der Waals surface area (Å²) < 4.78 is 11.8. The quantitative estimate of drug-likeness (QED) is 0.0537. The number of carbonyl (C=O) groups excluding carboxylic acids is 5. The SMILES string of the molecule is CC(C)(C)OC(=O)N[C@@H]1C(=O)N2C(C(=O)OC(c3ccccc3)c3ccccc3)=C(/C=C3\CCN(c4ccc(C(=O)NC(c5ccccc5)(c5ccccc5)c5ccccc5)cc4)C3=O)CS[C@H]12. The molecular formula is C56H50N4O7S. The van der Waals surface area contributed by atoms with Crippen molar-refractivity contribution in [1.82, 2.24) is 15.5 Å². The summed E-state index contributed by atoms with van der Waals surface area (Å²) in [6.07, 6.45) is 0.520. The fourth-order valence-corrected chi connectivity index (χ4v) is 10.3. The van der Waals surface area contributed by atoms with E-state index < -0.39 is 46.6 Å². The van der Waals surface area contributed by atoms with E-state index in [4.69, 9.17) is 9.47 Å². The number of fused-ring (bicyclic) bond motifs is 1. The van der Waals surface area contributed by atoms with Gasteiger partial charge in [-0.25, -0.2) is 9.59 Å². The van der Waals surface area contributed by atoms with E-state index in [9.17, 15) is 24.0 Å². The summed E-state index contributed by atoms with van der Waals surface area (Å²) in [5.41, 5.74) is 4.29. The topological polar surface area (TPSA) is 134 Å². The van der Waals surface area contributed by atoms with Crippen LogP contribution in [-0.4, -0.2) is 64.0 Å². The lowest BCUT2D eigenvalue weighted by atomic mass is 9.77. The Hall–Kier alpha value is -7.70. The van der Waals surface area contributed by atoms with Crippen molar-refractivity contribution in [2.24, 2.45) is 0 Å². The average molecular weight is 923 g/mol. The molecule has 0 unspecified atom stereocenters. The van der Waals surface area contributed by atoms with E-state index in [1.807, 2.05) is 152 Å². The molecule has 0 aromatic heterocycles. The number of amides is 4. The highest BCUT2D eigenvalue weighted by Gasteiger charge is 2.55. The van der Waals surface area contributed by atoms with Gasteiger partial charge in [-0.1, -0.05) is 152 Å². The standard InChI is InChI=1S/C56H50N4O7S/c1-55(2,3)67-54(65)57-46-51(63)60-47(53(64)66-48(37-19-9-4-10-20-37)38-21-11-5-12-22-38)41(36-68-52(46)60)35-40-33-34-59(50(40)62)45-31-29-39(30-32-45)49(61)58-56(42-23-13-6-14-24-42,43-25-15-7-16-26-43)44-27-17-8-18-28-44/h4-32,35,46,48,52H,33-34,36H2,1-3H3,(H,57,65)(H,58,61)/b40-35+/t46-,52-/m1/s1. The van der Waals surface area contributed by atoms with Gasteiger partial charge in [-0.2, -0.15) is 0 Å². The van der Waals surface area contributed by atoms with E-state index in [-0.39, 0.29) is 23.3 Å². The number of rotatable bonds is 12. The maximum absolute atomic E-state index is 14.6. The lowest BCUT2D eigenvalue weighted by molar-refractivity contribution is -0.153. The first-order valence-electron chi connectivity index (χ1n) is 22.5. The molecule has 0 bridgehead atoms. The molecule has 3 aliphatic heterocycles. The van der Waals surface area contributed by atoms with Crippen LogP contribution in [-0.2, 0) is 29.4 Å². The highest BCUT2D eigenvalue weighted by Crippen LogP contribution is 2.43. The van der Waals surface area contributed by atoms with Crippen LogP contribution in [0.25, 0.3) is 0 Å². The third-order valence-electron chi connectivity index (χ3n) is 12.1. The largest absolute Gasteiger partial charge is 0.448 e. The van der Waals surface area contributed by atoms with Crippen LogP contribution in [0.3, 0.4) is 0 Å². The summed E-state index contributed by atoms with van der Waals surface area (Å²) in [7, 11) is 0. The van der Waals surface area contributed by atoms with Gasteiger partial charge in [0.05, 0.1) is 0 Å². The second-order valence-electron chi connectivity index (χ2n) is 17.7. The molecule has 6 aromatic carbocycles. The molecule has 0 spiro atoms. The average Bonchev–Trinajstić information content (AvgIpc) is 3.73. The van der Waals surface area contributed by atoms with Crippen LogP contribution in [0, 0.1) is 0 Å². The van der Waals surface area contributed by atoms with Gasteiger partial charge in [0.15, 0.2) is 6.10 Å². The maximum Gasteiger partial charge on any atom is 0.408 e. The zero-order valence-electron chi connectivity index (χ0n) is 37.8. The van der Waals surface area contributed by atoms with Gasteiger partial charge in [-0.05, 0) is 90.9 Å². The Morgan fingerprint density at radius 2 is 1.19 bits per heavy atom. The number of allylic oxidation sites excluding steroid dienone is 1. The van der Waals surface area contributed by atoms with Crippen LogP contribution in [0.15, 0.2) is 199 Å². The van der Waals surface area contributed by atoms with Crippen molar-refractivity contribution in [3.8, 4) is 0 Å². The molecule has 342 valence electrons. The van der Waals surface area contributed by atoms with E-state index in [1.165, 1.54) is 16.7 Å². The van der Waals surface area contributed by atoms with Gasteiger partial charge in [0.1, 0.15) is 28.3 Å². The van der Waals surface area contributed by atoms with E-state index in [0.29, 0.717) is 35.4 Å². The molecule has 6 aromatic rings. The van der Waals surface area contributed by atoms with E-state index in [2.05, 4.69) is 10.6 Å². The number of hydrogen-bond donors (Lipinski definition) is 2. The van der Waals surface area contributed by atoms with Gasteiger partial charge in [0, 0.05) is 29.1 Å². The molecule has 11 nitrogen and oxygen atoms in total. The number of β-lactam (4-membered cyclic amide) rings is 1. The number of thioether (sulfide) groups is 1. The van der Waals surface area contributed by atoms with Crippen LogP contribution in [0.4, 0.5) is 10.5 Å². The zero-order chi connectivity index (χ0) is 47.4. The molecule has 12 heteroatoms. The first-order chi connectivity index (χ1) is 32.9. The minimum Gasteiger partial charge on any atom is -0.448 e. The molecule has 68 heavy (non-hydrogen) atoms. The van der Waals surface area contributed by atoms with Crippen LogP contribution in [0.5, 0.6) is 0 Å². The number of nitrogens with one attached hydrogen (secondary N) is 2. The number of hydrogen-bond acceptors (Lipinski definition) is 8. The zero-order valence-corrected chi connectivity index (χ0v) is 38.7. The van der Waals surface area contributed by atoms with Crippen molar-refractivity contribution < 1.29 is 33.4 Å². The Morgan fingerprint density at radius 1 is 0.691 bits per heavy atom. The Bertz CT molecular complexity index is 2750. The Labute approximate surface area is 399 Å². The molecular weight excluding hydrogens is 873 g/mol. The molecule has 0 aliphatic carbocycles. The number of esters is 1. The van der Waals surface area contributed by atoms with Gasteiger partial charge >= 0.3 is 12.1 Å². The maximum atomic E-state index is 14.6. The molecule has 0 saturated carbocycles. The van der Waals surface area contributed by atoms with Crippen molar-refractivity contribution in [3.05, 3.63) is 232 Å². The first-order valence-corrected chi connectivity index (χ1v) is 23.6. The van der Waals surface area contributed by atoms with E-state index >= 15 is 0 Å². The van der Waals surface area contributed by atoms with Gasteiger partial charge < -0.3 is 25.0 Å².